The average molecular weight is 261 g/mol. The lowest BCUT2D eigenvalue weighted by Gasteiger charge is -2.50. The van der Waals surface area contributed by atoms with Crippen LogP contribution in [0.15, 0.2) is 18.2 Å². The Morgan fingerprint density at radius 2 is 1.84 bits per heavy atom. The van der Waals surface area contributed by atoms with E-state index in [0.717, 1.165) is 31.6 Å². The van der Waals surface area contributed by atoms with E-state index in [-0.39, 0.29) is 0 Å². The minimum atomic E-state index is -0.693. The first kappa shape index (κ1) is 13.1. The van der Waals surface area contributed by atoms with E-state index >= 15 is 0 Å². The van der Waals surface area contributed by atoms with Gasteiger partial charge in [0.2, 0.25) is 0 Å². The number of morpholine rings is 1. The third kappa shape index (κ3) is 2.20. The summed E-state index contributed by atoms with van der Waals surface area (Å²) in [5.41, 5.74) is 2.82. The highest BCUT2D eigenvalue weighted by atomic mass is 16.5. The molecule has 3 rings (SSSR count). The standard InChI is InChI=1S/C16H23NO2/c1-11-4-5-12(2)15(6-11)16(18)7-13-9-19-10-14(8-16)17(13)3/h4-6,13-14,18H,7-10H2,1-3H3. The molecule has 2 atom stereocenters. The molecule has 2 unspecified atom stereocenters. The largest absolute Gasteiger partial charge is 0.385 e. The van der Waals surface area contributed by atoms with Crippen LogP contribution in [0.4, 0.5) is 0 Å². The number of aryl methyl sites for hydroxylation is 2. The number of piperidine rings is 1. The molecule has 1 N–H and O–H groups in total. The number of likely N-dealkylation sites (N-methyl/N-ethyl adjacent to an activating group) is 1. The molecular weight excluding hydrogens is 238 g/mol. The van der Waals surface area contributed by atoms with Crippen molar-refractivity contribution in [3.63, 3.8) is 0 Å². The molecule has 0 radical (unpaired) electrons. The first-order valence-corrected chi connectivity index (χ1v) is 7.09. The van der Waals surface area contributed by atoms with Crippen molar-refractivity contribution in [3.8, 4) is 0 Å². The molecule has 2 bridgehead atoms. The average Bonchev–Trinajstić information content (AvgIpc) is 2.34. The molecule has 2 fully saturated rings. The molecule has 1 aromatic carbocycles. The zero-order chi connectivity index (χ0) is 13.6. The Labute approximate surface area is 115 Å². The van der Waals surface area contributed by atoms with Gasteiger partial charge in [0.05, 0.1) is 18.8 Å². The minimum Gasteiger partial charge on any atom is -0.385 e. The molecule has 2 saturated heterocycles. The van der Waals surface area contributed by atoms with Crippen LogP contribution in [-0.2, 0) is 10.3 Å². The monoisotopic (exact) mass is 261 g/mol. The molecule has 104 valence electrons. The Morgan fingerprint density at radius 1 is 1.21 bits per heavy atom. The van der Waals surface area contributed by atoms with Crippen molar-refractivity contribution < 1.29 is 9.84 Å². The fraction of sp³-hybridized carbons (Fsp3) is 0.625. The van der Waals surface area contributed by atoms with E-state index in [1.807, 2.05) is 0 Å². The summed E-state index contributed by atoms with van der Waals surface area (Å²) in [6.07, 6.45) is 1.54. The second-order valence-corrected chi connectivity index (χ2v) is 6.27. The van der Waals surface area contributed by atoms with Gasteiger partial charge in [0.15, 0.2) is 0 Å². The maximum atomic E-state index is 11.2. The van der Waals surface area contributed by atoms with Gasteiger partial charge in [0, 0.05) is 12.1 Å². The first-order chi connectivity index (χ1) is 8.99. The highest BCUT2D eigenvalue weighted by molar-refractivity contribution is 5.36. The van der Waals surface area contributed by atoms with Crippen LogP contribution in [0.2, 0.25) is 0 Å². The number of fused-ring (bicyclic) bond motifs is 2. The number of benzene rings is 1. The van der Waals surface area contributed by atoms with Gasteiger partial charge >= 0.3 is 0 Å². The summed E-state index contributed by atoms with van der Waals surface area (Å²) in [5.74, 6) is 0. The van der Waals surface area contributed by atoms with Crippen molar-refractivity contribution in [2.24, 2.45) is 0 Å². The quantitative estimate of drug-likeness (QED) is 0.839. The Balaban J connectivity index is 1.97. The molecule has 0 aliphatic carbocycles. The fourth-order valence-electron chi connectivity index (χ4n) is 3.60. The number of rotatable bonds is 1. The van der Waals surface area contributed by atoms with E-state index in [0.29, 0.717) is 12.1 Å². The van der Waals surface area contributed by atoms with Crippen LogP contribution in [0, 0.1) is 13.8 Å². The lowest BCUT2D eigenvalue weighted by Crippen LogP contribution is -2.59. The first-order valence-electron chi connectivity index (χ1n) is 7.09. The molecule has 0 spiro atoms. The second kappa shape index (κ2) is 4.58. The van der Waals surface area contributed by atoms with Gasteiger partial charge in [-0.25, -0.2) is 0 Å². The van der Waals surface area contributed by atoms with Crippen molar-refractivity contribution in [1.29, 1.82) is 0 Å². The van der Waals surface area contributed by atoms with Crippen LogP contribution in [-0.4, -0.2) is 42.4 Å². The van der Waals surface area contributed by atoms with Crippen molar-refractivity contribution in [2.75, 3.05) is 20.3 Å². The Morgan fingerprint density at radius 3 is 2.47 bits per heavy atom. The SMILES string of the molecule is Cc1ccc(C)c(C2(O)CC3COCC(C2)N3C)c1. The van der Waals surface area contributed by atoms with Crippen LogP contribution < -0.4 is 0 Å². The summed E-state index contributed by atoms with van der Waals surface area (Å²) < 4.78 is 5.64. The van der Waals surface area contributed by atoms with E-state index in [4.69, 9.17) is 4.74 Å². The van der Waals surface area contributed by atoms with Gasteiger partial charge in [0.1, 0.15) is 0 Å². The van der Waals surface area contributed by atoms with Gasteiger partial charge in [-0.15, -0.1) is 0 Å². The van der Waals surface area contributed by atoms with Crippen LogP contribution in [0.3, 0.4) is 0 Å². The molecule has 2 heterocycles. The Bertz CT molecular complexity index is 472. The van der Waals surface area contributed by atoms with Gasteiger partial charge in [-0.05, 0) is 44.9 Å². The van der Waals surface area contributed by atoms with E-state index in [9.17, 15) is 5.11 Å². The van der Waals surface area contributed by atoms with E-state index in [1.165, 1.54) is 11.1 Å². The third-order valence-corrected chi connectivity index (χ3v) is 4.81. The number of ether oxygens (including phenoxy) is 1. The number of nitrogens with zero attached hydrogens (tertiary/aromatic N) is 1. The number of aliphatic hydroxyl groups is 1. The summed E-state index contributed by atoms with van der Waals surface area (Å²) in [6.45, 7) is 5.66. The predicted molar refractivity (Wildman–Crippen MR) is 75.2 cm³/mol. The molecule has 0 aromatic heterocycles. The minimum absolute atomic E-state index is 0.331. The topological polar surface area (TPSA) is 32.7 Å². The van der Waals surface area contributed by atoms with E-state index in [2.05, 4.69) is 44.0 Å². The lowest BCUT2D eigenvalue weighted by atomic mass is 9.75. The van der Waals surface area contributed by atoms with Crippen LogP contribution in [0.25, 0.3) is 0 Å². The van der Waals surface area contributed by atoms with Gasteiger partial charge in [-0.2, -0.15) is 0 Å². The van der Waals surface area contributed by atoms with Gasteiger partial charge < -0.3 is 9.84 Å². The fourth-order valence-corrected chi connectivity index (χ4v) is 3.60. The zero-order valence-corrected chi connectivity index (χ0v) is 12.0. The van der Waals surface area contributed by atoms with E-state index < -0.39 is 5.60 Å². The Kier molecular flexibility index (Phi) is 3.16. The summed E-state index contributed by atoms with van der Waals surface area (Å²) in [5, 5.41) is 11.2. The van der Waals surface area contributed by atoms with Crippen molar-refractivity contribution in [3.05, 3.63) is 34.9 Å². The second-order valence-electron chi connectivity index (χ2n) is 6.27. The summed E-state index contributed by atoms with van der Waals surface area (Å²) in [6, 6.07) is 7.04. The number of hydrogen-bond donors (Lipinski definition) is 1. The summed E-state index contributed by atoms with van der Waals surface area (Å²) in [4.78, 5) is 2.38. The zero-order valence-electron chi connectivity index (χ0n) is 12.0. The van der Waals surface area contributed by atoms with Gasteiger partial charge in [-0.3, -0.25) is 4.90 Å². The third-order valence-electron chi connectivity index (χ3n) is 4.81. The van der Waals surface area contributed by atoms with Crippen LogP contribution in [0.5, 0.6) is 0 Å². The maximum absolute atomic E-state index is 11.2. The predicted octanol–water partition coefficient (Wildman–Crippen LogP) is 1.98. The van der Waals surface area contributed by atoms with Gasteiger partial charge in [0.25, 0.3) is 0 Å². The highest BCUT2D eigenvalue weighted by Gasteiger charge is 2.45. The maximum Gasteiger partial charge on any atom is 0.0930 e. The van der Waals surface area contributed by atoms with Crippen molar-refractivity contribution >= 4 is 0 Å². The molecule has 3 heteroatoms. The van der Waals surface area contributed by atoms with Gasteiger partial charge in [-0.1, -0.05) is 23.8 Å². The molecule has 2 aliphatic rings. The molecular formula is C16H23NO2. The molecule has 2 aliphatic heterocycles. The number of hydrogen-bond acceptors (Lipinski definition) is 3. The molecule has 0 amide bonds. The molecule has 1 aromatic rings. The molecule has 0 saturated carbocycles. The summed E-state index contributed by atoms with van der Waals surface area (Å²) >= 11 is 0. The lowest BCUT2D eigenvalue weighted by molar-refractivity contribution is -0.138. The molecule has 3 nitrogen and oxygen atoms in total. The van der Waals surface area contributed by atoms with Crippen LogP contribution >= 0.6 is 0 Å². The van der Waals surface area contributed by atoms with Crippen LogP contribution in [0.1, 0.15) is 29.5 Å². The smallest absolute Gasteiger partial charge is 0.0930 e. The molecule has 19 heavy (non-hydrogen) atoms. The Hall–Kier alpha value is -0.900. The van der Waals surface area contributed by atoms with E-state index in [1.54, 1.807) is 0 Å². The van der Waals surface area contributed by atoms with Crippen molar-refractivity contribution in [1.82, 2.24) is 4.90 Å². The summed E-state index contributed by atoms with van der Waals surface area (Å²) in [7, 11) is 2.15. The van der Waals surface area contributed by atoms with Crippen molar-refractivity contribution in [2.45, 2.75) is 44.4 Å². The normalized spacial score (nSPS) is 35.4. The highest BCUT2D eigenvalue weighted by Crippen LogP contribution is 2.41.